The lowest BCUT2D eigenvalue weighted by Gasteiger charge is -2.29. The van der Waals surface area contributed by atoms with Crippen LogP contribution in [0, 0.1) is 28.9 Å². The predicted molar refractivity (Wildman–Crippen MR) is 111 cm³/mol. The lowest BCUT2D eigenvalue weighted by Crippen LogP contribution is -2.21. The van der Waals surface area contributed by atoms with Gasteiger partial charge in [0, 0.05) is 0 Å². The van der Waals surface area contributed by atoms with E-state index in [9.17, 15) is 17.6 Å². The van der Waals surface area contributed by atoms with Gasteiger partial charge in [-0.2, -0.15) is 14.0 Å². The minimum Gasteiger partial charge on any atom is -0.309 e. The van der Waals surface area contributed by atoms with Gasteiger partial charge in [-0.3, -0.25) is 0 Å². The number of nitriles is 1. The summed E-state index contributed by atoms with van der Waals surface area (Å²) in [6.45, 7) is 3.49. The Kier molecular flexibility index (Phi) is 7.38. The average molecular weight is 433 g/mol. The van der Waals surface area contributed by atoms with E-state index < -0.39 is 29.4 Å². The lowest BCUT2D eigenvalue weighted by molar-refractivity contribution is -0.272. The third kappa shape index (κ3) is 5.46. The Balaban J connectivity index is 1.67. The average Bonchev–Trinajstić information content (AvgIpc) is 2.74. The van der Waals surface area contributed by atoms with Gasteiger partial charge in [0.25, 0.3) is 0 Å². The lowest BCUT2D eigenvalue weighted by atomic mass is 9.77. The topological polar surface area (TPSA) is 33.0 Å². The van der Waals surface area contributed by atoms with Crippen molar-refractivity contribution in [1.82, 2.24) is 0 Å². The third-order valence-electron chi connectivity index (χ3n) is 6.23. The highest BCUT2D eigenvalue weighted by molar-refractivity contribution is 5.36. The molecule has 0 aliphatic heterocycles. The Morgan fingerprint density at radius 2 is 1.65 bits per heavy atom. The predicted octanol–water partition coefficient (Wildman–Crippen LogP) is 7.74. The maximum Gasteiger partial charge on any atom is 0.383 e. The van der Waals surface area contributed by atoms with E-state index in [2.05, 4.69) is 6.92 Å². The minimum absolute atomic E-state index is 0.103. The van der Waals surface area contributed by atoms with E-state index in [1.54, 1.807) is 12.1 Å². The van der Waals surface area contributed by atoms with Gasteiger partial charge in [-0.15, -0.1) is 0 Å². The van der Waals surface area contributed by atoms with E-state index in [1.807, 2.05) is 0 Å². The Bertz CT molecular complexity index is 905. The summed E-state index contributed by atoms with van der Waals surface area (Å²) < 4.78 is 61.9. The molecule has 0 heterocycles. The van der Waals surface area contributed by atoms with E-state index in [1.165, 1.54) is 50.8 Å². The van der Waals surface area contributed by atoms with Gasteiger partial charge in [0.2, 0.25) is 0 Å². The summed E-state index contributed by atoms with van der Waals surface area (Å²) in [4.78, 5) is 0. The first-order valence-corrected chi connectivity index (χ1v) is 10.8. The maximum absolute atomic E-state index is 14.7. The summed E-state index contributed by atoms with van der Waals surface area (Å²) in [5.74, 6) is -1.04. The molecule has 0 saturated heterocycles. The molecule has 0 amide bonds. The summed E-state index contributed by atoms with van der Waals surface area (Å²) in [6, 6.07) is 9.27. The van der Waals surface area contributed by atoms with Crippen LogP contribution in [-0.4, -0.2) is 0 Å². The zero-order valence-electron chi connectivity index (χ0n) is 17.8. The first kappa shape index (κ1) is 23.3. The van der Waals surface area contributed by atoms with Crippen LogP contribution in [0.1, 0.15) is 86.6 Å². The molecule has 1 aliphatic carbocycles. The molecule has 0 N–H and O–H groups in total. The molecule has 0 bridgehead atoms. The zero-order valence-corrected chi connectivity index (χ0v) is 17.8. The van der Waals surface area contributed by atoms with Crippen molar-refractivity contribution in [3.63, 3.8) is 0 Å². The van der Waals surface area contributed by atoms with Crippen molar-refractivity contribution in [2.45, 2.75) is 70.5 Å². The fraction of sp³-hybridized carbons (Fsp3) is 0.480. The van der Waals surface area contributed by atoms with E-state index in [4.69, 9.17) is 10.00 Å². The van der Waals surface area contributed by atoms with Crippen LogP contribution >= 0.6 is 0 Å². The second kappa shape index (κ2) is 9.82. The van der Waals surface area contributed by atoms with Gasteiger partial charge in [0.1, 0.15) is 23.3 Å². The van der Waals surface area contributed by atoms with Gasteiger partial charge in [-0.25, -0.2) is 8.78 Å². The second-order valence-corrected chi connectivity index (χ2v) is 8.38. The molecule has 1 aliphatic rings. The van der Waals surface area contributed by atoms with Crippen LogP contribution in [0.25, 0.3) is 0 Å². The molecular weight excluding hydrogens is 406 g/mol. The summed E-state index contributed by atoms with van der Waals surface area (Å²) in [7, 11) is 0. The molecule has 0 spiro atoms. The fourth-order valence-corrected chi connectivity index (χ4v) is 4.43. The Morgan fingerprint density at radius 1 is 1.06 bits per heavy atom. The van der Waals surface area contributed by atoms with Crippen LogP contribution in [0.5, 0.6) is 0 Å². The molecule has 1 fully saturated rings. The number of halogens is 4. The van der Waals surface area contributed by atoms with Crippen LogP contribution in [0.3, 0.4) is 0 Å². The molecule has 1 unspecified atom stereocenters. The Morgan fingerprint density at radius 3 is 2.16 bits per heavy atom. The number of ether oxygens (including phenoxy) is 1. The molecule has 1 saturated carbocycles. The first-order valence-electron chi connectivity index (χ1n) is 10.8. The molecule has 31 heavy (non-hydrogen) atoms. The van der Waals surface area contributed by atoms with Crippen molar-refractivity contribution in [3.05, 3.63) is 70.3 Å². The molecule has 3 rings (SSSR count). The standard InChI is InChI=1S/C25H27F4NO/c1-3-4-17-5-7-18(8-6-17)19-9-11-21(12-10-19)25(28,29)31-16(2)20-13-23(26)22(15-30)24(27)14-20/h9-14,16-18H,3-8H2,1-2H3. The summed E-state index contributed by atoms with van der Waals surface area (Å²) in [5, 5.41) is 8.74. The number of hydrogen-bond donors (Lipinski definition) is 0. The number of alkyl halides is 2. The van der Waals surface area contributed by atoms with Gasteiger partial charge in [0.15, 0.2) is 0 Å². The molecule has 0 aromatic heterocycles. The number of benzene rings is 2. The molecule has 2 aromatic rings. The SMILES string of the molecule is CCCC1CCC(c2ccc(C(F)(F)OC(C)c3cc(F)c(C#N)c(F)c3)cc2)CC1. The fourth-order valence-electron chi connectivity index (χ4n) is 4.43. The van der Waals surface area contributed by atoms with Crippen molar-refractivity contribution < 1.29 is 22.3 Å². The van der Waals surface area contributed by atoms with Crippen molar-refractivity contribution in [3.8, 4) is 6.07 Å². The minimum atomic E-state index is -3.63. The Labute approximate surface area is 180 Å². The van der Waals surface area contributed by atoms with Gasteiger partial charge < -0.3 is 4.74 Å². The zero-order chi connectivity index (χ0) is 22.6. The summed E-state index contributed by atoms with van der Waals surface area (Å²) in [5.41, 5.74) is -0.104. The van der Waals surface area contributed by atoms with Crippen molar-refractivity contribution in [2.24, 2.45) is 5.92 Å². The van der Waals surface area contributed by atoms with Crippen LogP contribution in [0.15, 0.2) is 36.4 Å². The largest absolute Gasteiger partial charge is 0.383 e. The van der Waals surface area contributed by atoms with Gasteiger partial charge >= 0.3 is 6.11 Å². The summed E-state index contributed by atoms with van der Waals surface area (Å²) in [6.07, 6.45) is 2.04. The number of nitrogens with zero attached hydrogens (tertiary/aromatic N) is 1. The van der Waals surface area contributed by atoms with E-state index in [0.717, 1.165) is 36.5 Å². The first-order chi connectivity index (χ1) is 14.7. The number of hydrogen-bond acceptors (Lipinski definition) is 2. The summed E-state index contributed by atoms with van der Waals surface area (Å²) >= 11 is 0. The van der Waals surface area contributed by atoms with Gasteiger partial charge in [0.05, 0.1) is 11.7 Å². The van der Waals surface area contributed by atoms with Crippen molar-refractivity contribution in [1.29, 1.82) is 5.26 Å². The van der Waals surface area contributed by atoms with Crippen LogP contribution in [-0.2, 0) is 10.8 Å². The molecule has 1 atom stereocenters. The normalized spacial score (nSPS) is 20.3. The third-order valence-corrected chi connectivity index (χ3v) is 6.23. The van der Waals surface area contributed by atoms with E-state index in [-0.39, 0.29) is 11.1 Å². The quantitative estimate of drug-likeness (QED) is 0.419. The number of rotatable bonds is 7. The molecule has 166 valence electrons. The highest BCUT2D eigenvalue weighted by Crippen LogP contribution is 2.40. The van der Waals surface area contributed by atoms with E-state index in [0.29, 0.717) is 5.92 Å². The monoisotopic (exact) mass is 433 g/mol. The Hall–Kier alpha value is -2.39. The van der Waals surface area contributed by atoms with E-state index >= 15 is 0 Å². The molecule has 6 heteroatoms. The maximum atomic E-state index is 14.7. The molecule has 2 aromatic carbocycles. The second-order valence-electron chi connectivity index (χ2n) is 8.38. The molecule has 0 radical (unpaired) electrons. The van der Waals surface area contributed by atoms with Crippen molar-refractivity contribution in [2.75, 3.05) is 0 Å². The highest BCUT2D eigenvalue weighted by atomic mass is 19.3. The highest BCUT2D eigenvalue weighted by Gasteiger charge is 2.36. The van der Waals surface area contributed by atoms with Crippen LogP contribution in [0.4, 0.5) is 17.6 Å². The van der Waals surface area contributed by atoms with Gasteiger partial charge in [-0.1, -0.05) is 44.0 Å². The molecular formula is C25H27F4NO. The van der Waals surface area contributed by atoms with Crippen molar-refractivity contribution >= 4 is 0 Å². The van der Waals surface area contributed by atoms with Crippen LogP contribution < -0.4 is 0 Å². The van der Waals surface area contributed by atoms with Crippen LogP contribution in [0.2, 0.25) is 0 Å². The molecule has 2 nitrogen and oxygen atoms in total. The smallest absolute Gasteiger partial charge is 0.309 e. The van der Waals surface area contributed by atoms with Gasteiger partial charge in [-0.05, 0) is 67.7 Å².